The third-order valence-corrected chi connectivity index (χ3v) is 5.10. The lowest BCUT2D eigenvalue weighted by Gasteiger charge is -2.40. The van der Waals surface area contributed by atoms with E-state index in [0.717, 1.165) is 17.7 Å². The van der Waals surface area contributed by atoms with Crippen molar-refractivity contribution < 1.29 is 4.79 Å². The van der Waals surface area contributed by atoms with E-state index in [9.17, 15) is 10.1 Å². The number of ketones is 1. The maximum absolute atomic E-state index is 12.8. The molecule has 0 unspecified atom stereocenters. The van der Waals surface area contributed by atoms with E-state index in [0.29, 0.717) is 22.0 Å². The molecule has 0 spiro atoms. The highest BCUT2D eigenvalue weighted by molar-refractivity contribution is 7.80. The summed E-state index contributed by atoms with van der Waals surface area (Å²) in [5.41, 5.74) is 2.41. The molecule has 5 heteroatoms. The summed E-state index contributed by atoms with van der Waals surface area (Å²) in [6.07, 6.45) is 1.25. The fraction of sp³-hybridized carbons (Fsp3) is 0.389. The van der Waals surface area contributed by atoms with E-state index >= 15 is 0 Å². The van der Waals surface area contributed by atoms with E-state index < -0.39 is 5.92 Å². The first kappa shape index (κ1) is 16.2. The van der Waals surface area contributed by atoms with Crippen LogP contribution < -0.4 is 5.32 Å². The SMILES string of the molecule is CC1(C)CC(=O)C2=C(C1)NC(=S)[C@@H](C#N)[C@@H]2c1ccc(Cl)cc1. The van der Waals surface area contributed by atoms with Gasteiger partial charge in [0.15, 0.2) is 5.78 Å². The van der Waals surface area contributed by atoms with Crippen LogP contribution in [0.15, 0.2) is 35.5 Å². The summed E-state index contributed by atoms with van der Waals surface area (Å²) in [5.74, 6) is -0.744. The second-order valence-corrected chi connectivity index (χ2v) is 7.83. The van der Waals surface area contributed by atoms with Crippen LogP contribution in [0.25, 0.3) is 0 Å². The topological polar surface area (TPSA) is 52.9 Å². The van der Waals surface area contributed by atoms with Gasteiger partial charge in [0, 0.05) is 28.6 Å². The van der Waals surface area contributed by atoms with Crippen LogP contribution in [0.4, 0.5) is 0 Å². The molecule has 0 fully saturated rings. The van der Waals surface area contributed by atoms with Crippen molar-refractivity contribution in [3.05, 3.63) is 46.1 Å². The van der Waals surface area contributed by atoms with Gasteiger partial charge in [0.1, 0.15) is 5.92 Å². The highest BCUT2D eigenvalue weighted by Gasteiger charge is 2.44. The first-order valence-electron chi connectivity index (χ1n) is 7.54. The molecule has 0 saturated heterocycles. The van der Waals surface area contributed by atoms with Crippen molar-refractivity contribution in [1.29, 1.82) is 5.26 Å². The van der Waals surface area contributed by atoms with Gasteiger partial charge in [0.2, 0.25) is 0 Å². The number of benzene rings is 1. The smallest absolute Gasteiger partial charge is 0.161 e. The number of halogens is 1. The number of hydrogen-bond acceptors (Lipinski definition) is 3. The standard InChI is InChI=1S/C18H17ClN2OS/c1-18(2)7-13-16(14(22)8-18)15(12(9-20)17(23)21-13)10-3-5-11(19)6-4-10/h3-6,12,15H,7-8H2,1-2H3,(H,21,23)/t12-,15-/m0/s1. The fourth-order valence-electron chi connectivity index (χ4n) is 3.51. The molecule has 0 bridgehead atoms. The summed E-state index contributed by atoms with van der Waals surface area (Å²) in [6.45, 7) is 4.15. The molecular weight excluding hydrogens is 328 g/mol. The van der Waals surface area contributed by atoms with Gasteiger partial charge in [-0.25, -0.2) is 0 Å². The second kappa shape index (κ2) is 5.74. The Labute approximate surface area is 146 Å². The maximum atomic E-state index is 12.8. The number of Topliss-reactive ketones (excluding diaryl/α,β-unsaturated/α-hetero) is 1. The van der Waals surface area contributed by atoms with Crippen molar-refractivity contribution in [3.63, 3.8) is 0 Å². The number of nitriles is 1. The second-order valence-electron chi connectivity index (χ2n) is 6.96. The molecule has 0 radical (unpaired) electrons. The monoisotopic (exact) mass is 344 g/mol. The summed E-state index contributed by atoms with van der Waals surface area (Å²) >= 11 is 11.4. The molecule has 2 aliphatic rings. The number of rotatable bonds is 1. The van der Waals surface area contributed by atoms with Crippen molar-refractivity contribution in [2.45, 2.75) is 32.6 Å². The van der Waals surface area contributed by atoms with E-state index in [2.05, 4.69) is 25.2 Å². The average molecular weight is 345 g/mol. The minimum absolute atomic E-state index is 0.0947. The van der Waals surface area contributed by atoms with Gasteiger partial charge < -0.3 is 5.32 Å². The van der Waals surface area contributed by atoms with Gasteiger partial charge in [-0.05, 0) is 29.5 Å². The Morgan fingerprint density at radius 3 is 2.57 bits per heavy atom. The molecule has 1 aliphatic carbocycles. The minimum atomic E-state index is -0.532. The van der Waals surface area contributed by atoms with Crippen molar-refractivity contribution in [2.24, 2.45) is 11.3 Å². The molecule has 0 aromatic heterocycles. The lowest BCUT2D eigenvalue weighted by atomic mass is 9.67. The highest BCUT2D eigenvalue weighted by atomic mass is 35.5. The van der Waals surface area contributed by atoms with E-state index in [1.165, 1.54) is 0 Å². The van der Waals surface area contributed by atoms with E-state index in [4.69, 9.17) is 23.8 Å². The first-order valence-corrected chi connectivity index (χ1v) is 8.33. The Balaban J connectivity index is 2.16. The van der Waals surface area contributed by atoms with Crippen molar-refractivity contribution in [2.75, 3.05) is 0 Å². The van der Waals surface area contributed by atoms with Crippen LogP contribution in [0.2, 0.25) is 5.02 Å². The van der Waals surface area contributed by atoms with Crippen LogP contribution in [-0.4, -0.2) is 10.8 Å². The molecule has 3 nitrogen and oxygen atoms in total. The predicted octanol–water partition coefficient (Wildman–Crippen LogP) is 4.14. The van der Waals surface area contributed by atoms with Crippen LogP contribution in [0.3, 0.4) is 0 Å². The van der Waals surface area contributed by atoms with E-state index in [1.807, 2.05) is 12.1 Å². The molecular formula is C18H17ClN2OS. The summed E-state index contributed by atoms with van der Waals surface area (Å²) in [6, 6.07) is 9.60. The fourth-order valence-corrected chi connectivity index (χ4v) is 3.95. The van der Waals surface area contributed by atoms with Gasteiger partial charge in [0.05, 0.1) is 11.1 Å². The van der Waals surface area contributed by atoms with Crippen LogP contribution in [0.5, 0.6) is 0 Å². The number of thiocarbonyl (C=S) groups is 1. The minimum Gasteiger partial charge on any atom is -0.352 e. The molecule has 23 heavy (non-hydrogen) atoms. The van der Waals surface area contributed by atoms with Gasteiger partial charge in [-0.1, -0.05) is 49.8 Å². The number of carbonyl (C=O) groups is 1. The summed E-state index contributed by atoms with van der Waals surface area (Å²) in [5, 5.41) is 13.4. The Bertz CT molecular complexity index is 758. The molecule has 1 aliphatic heterocycles. The Hall–Kier alpha value is -1.70. The third kappa shape index (κ3) is 2.91. The first-order chi connectivity index (χ1) is 10.8. The van der Waals surface area contributed by atoms with Crippen LogP contribution in [0, 0.1) is 22.7 Å². The largest absolute Gasteiger partial charge is 0.352 e. The molecule has 3 rings (SSSR count). The summed E-state index contributed by atoms with van der Waals surface area (Å²) < 4.78 is 0. The highest BCUT2D eigenvalue weighted by Crippen LogP contribution is 2.46. The number of nitrogens with zero attached hydrogens (tertiary/aromatic N) is 1. The lowest BCUT2D eigenvalue weighted by molar-refractivity contribution is -0.118. The molecule has 118 valence electrons. The number of hydrogen-bond donors (Lipinski definition) is 1. The normalized spacial score (nSPS) is 26.3. The molecule has 0 saturated carbocycles. The van der Waals surface area contributed by atoms with Crippen LogP contribution in [0.1, 0.15) is 38.2 Å². The van der Waals surface area contributed by atoms with Gasteiger partial charge in [-0.15, -0.1) is 0 Å². The number of nitrogens with one attached hydrogen (secondary N) is 1. The van der Waals surface area contributed by atoms with E-state index in [1.54, 1.807) is 12.1 Å². The van der Waals surface area contributed by atoms with Crippen molar-refractivity contribution >= 4 is 34.6 Å². The van der Waals surface area contributed by atoms with Crippen LogP contribution >= 0.6 is 23.8 Å². The zero-order valence-electron chi connectivity index (χ0n) is 13.0. The Kier molecular flexibility index (Phi) is 4.03. The van der Waals surface area contributed by atoms with Crippen LogP contribution in [-0.2, 0) is 4.79 Å². The molecule has 1 heterocycles. The maximum Gasteiger partial charge on any atom is 0.161 e. The van der Waals surface area contributed by atoms with E-state index in [-0.39, 0.29) is 17.1 Å². The zero-order valence-corrected chi connectivity index (χ0v) is 14.6. The summed E-state index contributed by atoms with van der Waals surface area (Å²) in [4.78, 5) is 13.3. The lowest BCUT2D eigenvalue weighted by Crippen LogP contribution is -2.44. The average Bonchev–Trinajstić information content (AvgIpc) is 2.45. The predicted molar refractivity (Wildman–Crippen MR) is 94.1 cm³/mol. The van der Waals surface area contributed by atoms with Gasteiger partial charge in [-0.3, -0.25) is 4.79 Å². The molecule has 1 aromatic carbocycles. The number of allylic oxidation sites excluding steroid dienone is 2. The molecule has 2 atom stereocenters. The molecule has 1 N–H and O–H groups in total. The number of carbonyl (C=O) groups excluding carboxylic acids is 1. The van der Waals surface area contributed by atoms with Gasteiger partial charge in [0.25, 0.3) is 0 Å². The van der Waals surface area contributed by atoms with Crippen molar-refractivity contribution in [1.82, 2.24) is 5.32 Å². The third-order valence-electron chi connectivity index (χ3n) is 4.49. The molecule has 0 amide bonds. The van der Waals surface area contributed by atoms with Gasteiger partial charge >= 0.3 is 0 Å². The Morgan fingerprint density at radius 2 is 1.96 bits per heavy atom. The van der Waals surface area contributed by atoms with Crippen molar-refractivity contribution in [3.8, 4) is 6.07 Å². The molecule has 1 aromatic rings. The quantitative estimate of drug-likeness (QED) is 0.778. The van der Waals surface area contributed by atoms with Gasteiger partial charge in [-0.2, -0.15) is 5.26 Å². The zero-order chi connectivity index (χ0) is 16.8. The Morgan fingerprint density at radius 1 is 1.30 bits per heavy atom. The summed E-state index contributed by atoms with van der Waals surface area (Å²) in [7, 11) is 0.